The summed E-state index contributed by atoms with van der Waals surface area (Å²) in [5, 5.41) is 4.02. The van der Waals surface area contributed by atoms with Gasteiger partial charge < -0.3 is 15.8 Å². The van der Waals surface area contributed by atoms with Gasteiger partial charge in [-0.2, -0.15) is 0 Å². The summed E-state index contributed by atoms with van der Waals surface area (Å²) in [4.78, 5) is 5.18. The van der Waals surface area contributed by atoms with E-state index < -0.39 is 0 Å². The van der Waals surface area contributed by atoms with Crippen LogP contribution in [0.2, 0.25) is 0 Å². The molecule has 0 aromatic carbocycles. The Morgan fingerprint density at radius 1 is 1.73 bits per heavy atom. The first-order chi connectivity index (χ1) is 7.18. The van der Waals surface area contributed by atoms with Crippen molar-refractivity contribution in [2.75, 3.05) is 18.9 Å². The Labute approximate surface area is 93.8 Å². The summed E-state index contributed by atoms with van der Waals surface area (Å²) in [7, 11) is 0. The summed E-state index contributed by atoms with van der Waals surface area (Å²) < 4.78 is 5.68. The molecule has 2 heterocycles. The van der Waals surface area contributed by atoms with Gasteiger partial charge in [-0.25, -0.2) is 4.98 Å². The van der Waals surface area contributed by atoms with Gasteiger partial charge in [0.15, 0.2) is 5.13 Å². The first-order valence-electron chi connectivity index (χ1n) is 5.23. The Morgan fingerprint density at radius 2 is 2.60 bits per heavy atom. The molecule has 0 saturated carbocycles. The molecule has 1 unspecified atom stereocenters. The molecular formula is C10H17N3OS. The van der Waals surface area contributed by atoms with Gasteiger partial charge in [0.25, 0.3) is 0 Å². The molecule has 0 radical (unpaired) electrons. The van der Waals surface area contributed by atoms with E-state index in [0.717, 1.165) is 26.1 Å². The van der Waals surface area contributed by atoms with Crippen LogP contribution in [0, 0.1) is 0 Å². The van der Waals surface area contributed by atoms with Gasteiger partial charge in [-0.15, -0.1) is 11.3 Å². The average Bonchev–Trinajstić information content (AvgIpc) is 2.76. The predicted octanol–water partition coefficient (Wildman–Crippen LogP) is 1.38. The third kappa shape index (κ3) is 2.90. The van der Waals surface area contributed by atoms with Gasteiger partial charge in [0.2, 0.25) is 0 Å². The van der Waals surface area contributed by atoms with Crippen LogP contribution in [0.15, 0.2) is 6.20 Å². The number of aromatic nitrogens is 1. The molecule has 1 aromatic rings. The molecule has 1 aliphatic heterocycles. The van der Waals surface area contributed by atoms with Crippen molar-refractivity contribution in [2.45, 2.75) is 31.9 Å². The molecule has 0 aliphatic carbocycles. The summed E-state index contributed by atoms with van der Waals surface area (Å²) in [5.74, 6) is 0. The monoisotopic (exact) mass is 227 g/mol. The van der Waals surface area contributed by atoms with Crippen LogP contribution in [-0.4, -0.2) is 23.7 Å². The molecule has 2 rings (SSSR count). The van der Waals surface area contributed by atoms with E-state index in [4.69, 9.17) is 10.5 Å². The van der Waals surface area contributed by atoms with E-state index in [1.54, 1.807) is 0 Å². The van der Waals surface area contributed by atoms with Crippen LogP contribution in [-0.2, 0) is 11.3 Å². The van der Waals surface area contributed by atoms with Gasteiger partial charge in [0, 0.05) is 30.8 Å². The zero-order valence-electron chi connectivity index (χ0n) is 8.95. The minimum Gasteiger partial charge on any atom is -0.375 e. The number of ether oxygens (including phenoxy) is 1. The standard InChI is InChI=1S/C10H17N3OS/c1-10(3-2-4-14-10)7-12-5-8-6-13-9(11)15-8/h6,12H,2-5,7H2,1H3,(H2,11,13). The Morgan fingerprint density at radius 3 is 3.20 bits per heavy atom. The maximum absolute atomic E-state index is 5.68. The van der Waals surface area contributed by atoms with Crippen molar-refractivity contribution < 1.29 is 4.74 Å². The summed E-state index contributed by atoms with van der Waals surface area (Å²) in [6.45, 7) is 4.78. The molecule has 1 atom stereocenters. The third-order valence-electron chi connectivity index (χ3n) is 2.67. The number of hydrogen-bond donors (Lipinski definition) is 2. The molecule has 1 aliphatic rings. The SMILES string of the molecule is CC1(CNCc2cnc(N)s2)CCCO1. The highest BCUT2D eigenvalue weighted by atomic mass is 32.1. The zero-order valence-corrected chi connectivity index (χ0v) is 9.77. The van der Waals surface area contributed by atoms with Gasteiger partial charge in [-0.3, -0.25) is 0 Å². The van der Waals surface area contributed by atoms with E-state index in [1.165, 1.54) is 22.6 Å². The number of nitrogen functional groups attached to an aromatic ring is 1. The van der Waals surface area contributed by atoms with Crippen LogP contribution in [0.5, 0.6) is 0 Å². The summed E-state index contributed by atoms with van der Waals surface area (Å²) >= 11 is 1.53. The summed E-state index contributed by atoms with van der Waals surface area (Å²) in [6.07, 6.45) is 4.14. The van der Waals surface area contributed by atoms with Crippen molar-refractivity contribution in [2.24, 2.45) is 0 Å². The van der Waals surface area contributed by atoms with E-state index in [-0.39, 0.29) is 5.60 Å². The van der Waals surface area contributed by atoms with E-state index in [2.05, 4.69) is 17.2 Å². The van der Waals surface area contributed by atoms with Crippen molar-refractivity contribution in [3.05, 3.63) is 11.1 Å². The lowest BCUT2D eigenvalue weighted by Gasteiger charge is -2.23. The molecule has 4 nitrogen and oxygen atoms in total. The molecule has 84 valence electrons. The fourth-order valence-electron chi connectivity index (χ4n) is 1.83. The second-order valence-electron chi connectivity index (χ2n) is 4.17. The largest absolute Gasteiger partial charge is 0.375 e. The number of hydrogen-bond acceptors (Lipinski definition) is 5. The fourth-order valence-corrected chi connectivity index (χ4v) is 2.48. The summed E-state index contributed by atoms with van der Waals surface area (Å²) in [6, 6.07) is 0. The Bertz CT molecular complexity index is 320. The van der Waals surface area contributed by atoms with E-state index >= 15 is 0 Å². The van der Waals surface area contributed by atoms with Crippen LogP contribution in [0.3, 0.4) is 0 Å². The van der Waals surface area contributed by atoms with Crippen LogP contribution < -0.4 is 11.1 Å². The lowest BCUT2D eigenvalue weighted by atomic mass is 10.0. The number of anilines is 1. The van der Waals surface area contributed by atoms with Crippen LogP contribution in [0.25, 0.3) is 0 Å². The normalized spacial score (nSPS) is 25.9. The number of nitrogens with zero attached hydrogens (tertiary/aromatic N) is 1. The Kier molecular flexibility index (Phi) is 3.23. The predicted molar refractivity (Wildman–Crippen MR) is 61.8 cm³/mol. The quantitative estimate of drug-likeness (QED) is 0.816. The molecule has 0 spiro atoms. The van der Waals surface area contributed by atoms with Gasteiger partial charge in [0.05, 0.1) is 5.60 Å². The van der Waals surface area contributed by atoms with Crippen LogP contribution >= 0.6 is 11.3 Å². The van der Waals surface area contributed by atoms with Gasteiger partial charge in [-0.05, 0) is 19.8 Å². The highest BCUT2D eigenvalue weighted by Crippen LogP contribution is 2.24. The smallest absolute Gasteiger partial charge is 0.180 e. The Balaban J connectivity index is 1.75. The van der Waals surface area contributed by atoms with Crippen LogP contribution in [0.1, 0.15) is 24.6 Å². The molecular weight excluding hydrogens is 210 g/mol. The zero-order chi connectivity index (χ0) is 10.7. The lowest BCUT2D eigenvalue weighted by molar-refractivity contribution is 0.0207. The number of rotatable bonds is 4. The van der Waals surface area contributed by atoms with E-state index in [0.29, 0.717) is 5.13 Å². The maximum atomic E-state index is 5.68. The molecule has 0 bridgehead atoms. The molecule has 15 heavy (non-hydrogen) atoms. The van der Waals surface area contributed by atoms with E-state index in [9.17, 15) is 0 Å². The minimum atomic E-state index is 0.0240. The van der Waals surface area contributed by atoms with Crippen LogP contribution in [0.4, 0.5) is 5.13 Å². The van der Waals surface area contributed by atoms with Crippen molar-refractivity contribution in [1.29, 1.82) is 0 Å². The number of nitrogens with two attached hydrogens (primary N) is 1. The van der Waals surface area contributed by atoms with Gasteiger partial charge >= 0.3 is 0 Å². The number of thiazole rings is 1. The molecule has 1 aromatic heterocycles. The van der Waals surface area contributed by atoms with Crippen molar-refractivity contribution in [3.8, 4) is 0 Å². The Hall–Kier alpha value is -0.650. The minimum absolute atomic E-state index is 0.0240. The molecule has 0 amide bonds. The maximum Gasteiger partial charge on any atom is 0.180 e. The highest BCUT2D eigenvalue weighted by molar-refractivity contribution is 7.15. The first-order valence-corrected chi connectivity index (χ1v) is 6.04. The lowest BCUT2D eigenvalue weighted by Crippen LogP contribution is -2.36. The van der Waals surface area contributed by atoms with Crippen molar-refractivity contribution in [3.63, 3.8) is 0 Å². The second kappa shape index (κ2) is 4.47. The highest BCUT2D eigenvalue weighted by Gasteiger charge is 2.28. The van der Waals surface area contributed by atoms with Gasteiger partial charge in [-0.1, -0.05) is 0 Å². The fraction of sp³-hybridized carbons (Fsp3) is 0.700. The average molecular weight is 227 g/mol. The molecule has 5 heteroatoms. The molecule has 1 saturated heterocycles. The molecule has 3 N–H and O–H groups in total. The van der Waals surface area contributed by atoms with E-state index in [1.807, 2.05) is 6.20 Å². The second-order valence-corrected chi connectivity index (χ2v) is 5.32. The van der Waals surface area contributed by atoms with Gasteiger partial charge in [0.1, 0.15) is 0 Å². The third-order valence-corrected chi connectivity index (χ3v) is 3.50. The number of nitrogens with one attached hydrogen (secondary N) is 1. The van der Waals surface area contributed by atoms with Crippen molar-refractivity contribution >= 4 is 16.5 Å². The van der Waals surface area contributed by atoms with Crippen molar-refractivity contribution in [1.82, 2.24) is 10.3 Å². The first kappa shape index (κ1) is 10.9. The topological polar surface area (TPSA) is 60.2 Å². The summed E-state index contributed by atoms with van der Waals surface area (Å²) in [5.41, 5.74) is 5.58. The molecule has 1 fully saturated rings.